The second kappa shape index (κ2) is 13.0. The number of carbonyl (C=O) groups excluding carboxylic acids is 2. The molecule has 2 aromatic carbocycles. The van der Waals surface area contributed by atoms with Crippen LogP contribution in [0.4, 0.5) is 4.79 Å². The molecule has 4 rings (SSSR count). The van der Waals surface area contributed by atoms with Crippen LogP contribution in [-0.4, -0.2) is 53.5 Å². The van der Waals surface area contributed by atoms with Gasteiger partial charge in [-0.2, -0.15) is 0 Å². The number of hydrogen-bond acceptors (Lipinski definition) is 4. The molecule has 2 N–H and O–H groups in total. The van der Waals surface area contributed by atoms with Crippen LogP contribution < -0.4 is 10.1 Å². The minimum absolute atomic E-state index is 0.0176. The van der Waals surface area contributed by atoms with Crippen molar-refractivity contribution in [3.05, 3.63) is 64.7 Å². The van der Waals surface area contributed by atoms with E-state index in [1.807, 2.05) is 17.0 Å². The van der Waals surface area contributed by atoms with E-state index in [0.717, 1.165) is 30.7 Å². The van der Waals surface area contributed by atoms with E-state index in [4.69, 9.17) is 21.4 Å². The Morgan fingerprint density at radius 3 is 2.19 bits per heavy atom. The lowest BCUT2D eigenvalue weighted by Crippen LogP contribution is -2.44. The van der Waals surface area contributed by atoms with Gasteiger partial charge in [0, 0.05) is 36.6 Å². The Kier molecular flexibility index (Phi) is 9.45. The first-order chi connectivity index (χ1) is 17.9. The molecule has 7 nitrogen and oxygen atoms in total. The van der Waals surface area contributed by atoms with E-state index in [-0.39, 0.29) is 23.8 Å². The van der Waals surface area contributed by atoms with E-state index in [1.165, 1.54) is 5.56 Å². The maximum Gasteiger partial charge on any atom is 0.317 e. The molecule has 0 unspecified atom stereocenters. The number of piperidine rings is 1. The quantitative estimate of drug-likeness (QED) is 0.312. The summed E-state index contributed by atoms with van der Waals surface area (Å²) >= 11 is 5.98. The normalized spacial score (nSPS) is 20.3. The summed E-state index contributed by atoms with van der Waals surface area (Å²) in [4.78, 5) is 38.0. The molecule has 0 atom stereocenters. The summed E-state index contributed by atoms with van der Waals surface area (Å²) in [5.74, 6) is 0.185. The molecular formula is C29H35ClN2O5. The second-order valence-corrected chi connectivity index (χ2v) is 10.5. The molecule has 1 heterocycles. The Morgan fingerprint density at radius 2 is 1.57 bits per heavy atom. The van der Waals surface area contributed by atoms with Gasteiger partial charge in [0.1, 0.15) is 5.75 Å². The Morgan fingerprint density at radius 1 is 0.919 bits per heavy atom. The molecule has 2 aromatic rings. The fourth-order valence-corrected chi connectivity index (χ4v) is 5.32. The molecule has 1 saturated heterocycles. The smallest absolute Gasteiger partial charge is 0.317 e. The molecule has 8 heteroatoms. The number of halogens is 1. The average molecular weight is 527 g/mol. The number of aliphatic carboxylic acids is 1. The zero-order valence-electron chi connectivity index (χ0n) is 21.0. The molecule has 0 radical (unpaired) electrons. The fraction of sp³-hybridized carbons (Fsp3) is 0.483. The predicted octanol–water partition coefficient (Wildman–Crippen LogP) is 5.91. The third kappa shape index (κ3) is 7.71. The van der Waals surface area contributed by atoms with E-state index in [1.54, 1.807) is 24.3 Å². The molecule has 1 aliphatic heterocycles. The average Bonchev–Trinajstić information content (AvgIpc) is 2.92. The molecule has 2 fully saturated rings. The summed E-state index contributed by atoms with van der Waals surface area (Å²) in [6.45, 7) is 1.89. The van der Waals surface area contributed by atoms with E-state index < -0.39 is 5.97 Å². The summed E-state index contributed by atoms with van der Waals surface area (Å²) in [5.41, 5.74) is 1.89. The molecule has 2 aliphatic rings. The van der Waals surface area contributed by atoms with Gasteiger partial charge in [0.15, 0.2) is 5.78 Å². The van der Waals surface area contributed by atoms with Crippen molar-refractivity contribution in [2.24, 2.45) is 5.92 Å². The number of carboxylic acids is 1. The molecule has 0 bridgehead atoms. The first kappa shape index (κ1) is 27.0. The first-order valence-electron chi connectivity index (χ1n) is 13.2. The summed E-state index contributed by atoms with van der Waals surface area (Å²) < 4.78 is 5.98. The molecule has 1 saturated carbocycles. The van der Waals surface area contributed by atoms with Crippen molar-refractivity contribution < 1.29 is 24.2 Å². The van der Waals surface area contributed by atoms with Crippen LogP contribution in [0.3, 0.4) is 0 Å². The van der Waals surface area contributed by atoms with Crippen LogP contribution in [0.2, 0.25) is 5.02 Å². The molecule has 0 aromatic heterocycles. The SMILES string of the molecule is O=C(CCCNC(=O)N1CCC(c2ccc(Cl)cc2)CC1)c1ccc(OC2CCC(C(=O)O)CC2)cc1. The molecule has 198 valence electrons. The molecule has 1 aliphatic carbocycles. The zero-order chi connectivity index (χ0) is 26.2. The first-order valence-corrected chi connectivity index (χ1v) is 13.6. The molecule has 0 spiro atoms. The number of hydrogen-bond donors (Lipinski definition) is 2. The third-order valence-corrected chi connectivity index (χ3v) is 7.73. The summed E-state index contributed by atoms with van der Waals surface area (Å²) in [6.07, 6.45) is 5.53. The van der Waals surface area contributed by atoms with Crippen LogP contribution in [0.5, 0.6) is 5.75 Å². The van der Waals surface area contributed by atoms with E-state index >= 15 is 0 Å². The van der Waals surface area contributed by atoms with Crippen molar-refractivity contribution in [3.63, 3.8) is 0 Å². The maximum absolute atomic E-state index is 12.6. The van der Waals surface area contributed by atoms with Crippen LogP contribution in [-0.2, 0) is 4.79 Å². The molecular weight excluding hydrogens is 492 g/mol. The monoisotopic (exact) mass is 526 g/mol. The highest BCUT2D eigenvalue weighted by Gasteiger charge is 2.27. The van der Waals surface area contributed by atoms with Crippen molar-refractivity contribution in [3.8, 4) is 5.75 Å². The molecule has 37 heavy (non-hydrogen) atoms. The number of ketones is 1. The number of carboxylic acid groups (broad SMARTS) is 1. The lowest BCUT2D eigenvalue weighted by Gasteiger charge is -2.32. The van der Waals surface area contributed by atoms with Crippen LogP contribution in [0.15, 0.2) is 48.5 Å². The highest BCUT2D eigenvalue weighted by Crippen LogP contribution is 2.29. The summed E-state index contributed by atoms with van der Waals surface area (Å²) in [7, 11) is 0. The number of amides is 2. The van der Waals surface area contributed by atoms with Crippen LogP contribution in [0.1, 0.15) is 73.2 Å². The summed E-state index contributed by atoms with van der Waals surface area (Å²) in [6, 6.07) is 15.0. The Hall–Kier alpha value is -3.06. The lowest BCUT2D eigenvalue weighted by atomic mass is 9.87. The zero-order valence-corrected chi connectivity index (χ0v) is 21.8. The standard InChI is InChI=1S/C29H35ClN2O5/c30-24-9-3-20(4-10-24)21-15-18-32(19-16-21)29(36)31-17-1-2-27(33)22-5-11-25(12-6-22)37-26-13-7-23(8-14-26)28(34)35/h3-6,9-12,21,23,26H,1-2,7-8,13-19H2,(H,31,36)(H,34,35). The van der Waals surface area contributed by atoms with Crippen LogP contribution in [0.25, 0.3) is 0 Å². The minimum atomic E-state index is -0.726. The number of likely N-dealkylation sites (tertiary alicyclic amines) is 1. The highest BCUT2D eigenvalue weighted by atomic mass is 35.5. The van der Waals surface area contributed by atoms with Crippen LogP contribution in [0, 0.1) is 5.92 Å². The predicted molar refractivity (Wildman–Crippen MR) is 142 cm³/mol. The summed E-state index contributed by atoms with van der Waals surface area (Å²) in [5, 5.41) is 12.8. The van der Waals surface area contributed by atoms with Gasteiger partial charge in [-0.15, -0.1) is 0 Å². The van der Waals surface area contributed by atoms with Crippen molar-refractivity contribution in [1.29, 1.82) is 0 Å². The van der Waals surface area contributed by atoms with Gasteiger partial charge in [0.2, 0.25) is 0 Å². The van der Waals surface area contributed by atoms with Gasteiger partial charge in [-0.3, -0.25) is 9.59 Å². The van der Waals surface area contributed by atoms with Crippen molar-refractivity contribution in [2.75, 3.05) is 19.6 Å². The van der Waals surface area contributed by atoms with Gasteiger partial charge >= 0.3 is 12.0 Å². The minimum Gasteiger partial charge on any atom is -0.490 e. The third-order valence-electron chi connectivity index (χ3n) is 7.48. The Bertz CT molecular complexity index is 1060. The number of ether oxygens (including phenoxy) is 1. The number of nitrogens with zero attached hydrogens (tertiary/aromatic N) is 1. The van der Waals surface area contributed by atoms with E-state index in [2.05, 4.69) is 17.4 Å². The van der Waals surface area contributed by atoms with Gasteiger partial charge in [0.05, 0.1) is 12.0 Å². The number of carbonyl (C=O) groups is 3. The number of rotatable bonds is 9. The maximum atomic E-state index is 12.6. The van der Waals surface area contributed by atoms with E-state index in [9.17, 15) is 14.4 Å². The van der Waals surface area contributed by atoms with Crippen molar-refractivity contribution in [2.45, 2.75) is 63.4 Å². The van der Waals surface area contributed by atoms with Crippen molar-refractivity contribution >= 4 is 29.4 Å². The second-order valence-electron chi connectivity index (χ2n) is 10.0. The Balaban J connectivity index is 1.12. The Labute approximate surface area is 223 Å². The van der Waals surface area contributed by atoms with Gasteiger partial charge in [-0.25, -0.2) is 4.79 Å². The van der Waals surface area contributed by atoms with Gasteiger partial charge in [0.25, 0.3) is 0 Å². The highest BCUT2D eigenvalue weighted by molar-refractivity contribution is 6.30. The van der Waals surface area contributed by atoms with Gasteiger partial charge in [-0.05, 0) is 92.8 Å². The molecule has 2 amide bonds. The van der Waals surface area contributed by atoms with Gasteiger partial charge in [-0.1, -0.05) is 23.7 Å². The van der Waals surface area contributed by atoms with Gasteiger partial charge < -0.3 is 20.1 Å². The lowest BCUT2D eigenvalue weighted by molar-refractivity contribution is -0.143. The number of urea groups is 1. The fourth-order valence-electron chi connectivity index (χ4n) is 5.19. The number of benzene rings is 2. The number of Topliss-reactive ketones (excluding diaryl/α,β-unsaturated/α-hetero) is 1. The largest absolute Gasteiger partial charge is 0.490 e. The number of nitrogens with one attached hydrogen (secondary N) is 1. The topological polar surface area (TPSA) is 95.9 Å². The van der Waals surface area contributed by atoms with Crippen molar-refractivity contribution in [1.82, 2.24) is 10.2 Å². The van der Waals surface area contributed by atoms with Crippen LogP contribution >= 0.6 is 11.6 Å². The van der Waals surface area contributed by atoms with E-state index in [0.29, 0.717) is 62.5 Å².